The van der Waals surface area contributed by atoms with E-state index in [1.807, 2.05) is 17.0 Å². The van der Waals surface area contributed by atoms with Crippen molar-refractivity contribution in [2.45, 2.75) is 39.3 Å². The van der Waals surface area contributed by atoms with E-state index in [9.17, 15) is 4.79 Å². The molecule has 0 unspecified atom stereocenters. The Kier molecular flexibility index (Phi) is 6.54. The molecule has 0 saturated carbocycles. The van der Waals surface area contributed by atoms with Crippen LogP contribution in [0.2, 0.25) is 0 Å². The molecule has 1 aromatic carbocycles. The molecule has 2 fully saturated rings. The molecule has 2 aliphatic rings. The maximum atomic E-state index is 12.4. The molecule has 0 bridgehead atoms. The van der Waals surface area contributed by atoms with Crippen molar-refractivity contribution in [1.29, 1.82) is 0 Å². The van der Waals surface area contributed by atoms with Gasteiger partial charge in [-0.15, -0.1) is 0 Å². The van der Waals surface area contributed by atoms with Crippen molar-refractivity contribution in [3.05, 3.63) is 29.8 Å². The third kappa shape index (κ3) is 4.98. The number of para-hydroxylation sites is 1. The number of likely N-dealkylation sites (N-methyl/N-ethyl adjacent to an activating group) is 1. The van der Waals surface area contributed by atoms with E-state index < -0.39 is 0 Å². The number of carbonyl (C=O) groups excluding carboxylic acids is 1. The number of amides is 1. The third-order valence-corrected chi connectivity index (χ3v) is 5.90. The third-order valence-electron chi connectivity index (χ3n) is 5.90. The van der Waals surface area contributed by atoms with Gasteiger partial charge >= 0.3 is 0 Å². The predicted molar refractivity (Wildman–Crippen MR) is 104 cm³/mol. The van der Waals surface area contributed by atoms with E-state index in [0.717, 1.165) is 63.8 Å². The van der Waals surface area contributed by atoms with Gasteiger partial charge in [0.2, 0.25) is 0 Å². The fourth-order valence-corrected chi connectivity index (χ4v) is 3.77. The number of carbonyl (C=O) groups is 1. The molecule has 2 heterocycles. The quantitative estimate of drug-likeness (QED) is 0.809. The highest BCUT2D eigenvalue weighted by Gasteiger charge is 2.23. The molecule has 3 rings (SSSR count). The lowest BCUT2D eigenvalue weighted by Crippen LogP contribution is -2.49. The van der Waals surface area contributed by atoms with Gasteiger partial charge in [0.25, 0.3) is 5.91 Å². The second-order valence-electron chi connectivity index (χ2n) is 8.02. The number of ether oxygens (including phenoxy) is 1. The van der Waals surface area contributed by atoms with Crippen molar-refractivity contribution in [2.75, 3.05) is 46.4 Å². The largest absolute Gasteiger partial charge is 0.483 e. The molecule has 2 aliphatic heterocycles. The second kappa shape index (κ2) is 8.87. The number of benzene rings is 1. The molecule has 1 aromatic rings. The summed E-state index contributed by atoms with van der Waals surface area (Å²) in [5, 5.41) is 0. The molecular weight excluding hydrogens is 326 g/mol. The zero-order valence-electron chi connectivity index (χ0n) is 16.5. The summed E-state index contributed by atoms with van der Waals surface area (Å²) in [6.07, 6.45) is 2.20. The lowest BCUT2D eigenvalue weighted by Gasteiger charge is -2.37. The van der Waals surface area contributed by atoms with Crippen molar-refractivity contribution in [1.82, 2.24) is 14.7 Å². The Labute approximate surface area is 157 Å². The summed E-state index contributed by atoms with van der Waals surface area (Å²) >= 11 is 0. The lowest BCUT2D eigenvalue weighted by atomic mass is 9.99. The highest BCUT2D eigenvalue weighted by atomic mass is 16.5. The standard InChI is InChI=1S/C21H33N3O2/c1-17-8-10-24(11-9-17)21(25)16-26-20-7-5-4-6-19(20)15-23-13-12-22(3)18(2)14-23/h4-7,17-18H,8-16H2,1-3H3/t18-/m0/s1. The normalized spacial score (nSPS) is 23.2. The highest BCUT2D eigenvalue weighted by molar-refractivity contribution is 5.77. The summed E-state index contributed by atoms with van der Waals surface area (Å²) in [4.78, 5) is 19.3. The number of nitrogens with zero attached hydrogens (tertiary/aromatic N) is 3. The number of likely N-dealkylation sites (tertiary alicyclic amines) is 1. The number of piperazine rings is 1. The SMILES string of the molecule is CC1CCN(C(=O)COc2ccccc2CN2CCN(C)[C@@H](C)C2)CC1. The van der Waals surface area contributed by atoms with Gasteiger partial charge in [0.05, 0.1) is 0 Å². The molecule has 0 radical (unpaired) electrons. The Morgan fingerprint density at radius 1 is 1.12 bits per heavy atom. The van der Waals surface area contributed by atoms with Gasteiger partial charge in [0, 0.05) is 50.9 Å². The molecule has 0 aromatic heterocycles. The molecule has 26 heavy (non-hydrogen) atoms. The van der Waals surface area contributed by atoms with E-state index in [1.165, 1.54) is 5.56 Å². The first-order chi connectivity index (χ1) is 12.5. The van der Waals surface area contributed by atoms with Crippen molar-refractivity contribution >= 4 is 5.91 Å². The first-order valence-electron chi connectivity index (χ1n) is 9.94. The number of piperidine rings is 1. The molecule has 5 heteroatoms. The molecule has 0 aliphatic carbocycles. The number of rotatable bonds is 5. The smallest absolute Gasteiger partial charge is 0.260 e. The van der Waals surface area contributed by atoms with E-state index in [-0.39, 0.29) is 12.5 Å². The molecule has 5 nitrogen and oxygen atoms in total. The van der Waals surface area contributed by atoms with Crippen LogP contribution in [0.1, 0.15) is 32.3 Å². The summed E-state index contributed by atoms with van der Waals surface area (Å²) in [6.45, 7) is 10.5. The first-order valence-corrected chi connectivity index (χ1v) is 9.94. The maximum absolute atomic E-state index is 12.4. The highest BCUT2D eigenvalue weighted by Crippen LogP contribution is 2.22. The van der Waals surface area contributed by atoms with Crippen LogP contribution in [0.25, 0.3) is 0 Å². The fourth-order valence-electron chi connectivity index (χ4n) is 3.77. The molecular formula is C21H33N3O2. The minimum Gasteiger partial charge on any atom is -0.483 e. The van der Waals surface area contributed by atoms with Crippen LogP contribution in [0.15, 0.2) is 24.3 Å². The van der Waals surface area contributed by atoms with Gasteiger partial charge < -0.3 is 14.5 Å². The van der Waals surface area contributed by atoms with Gasteiger partial charge in [-0.1, -0.05) is 25.1 Å². The molecule has 0 N–H and O–H groups in total. The Hall–Kier alpha value is -1.59. The fraction of sp³-hybridized carbons (Fsp3) is 0.667. The van der Waals surface area contributed by atoms with Crippen LogP contribution in [0.3, 0.4) is 0 Å². The second-order valence-corrected chi connectivity index (χ2v) is 8.02. The minimum absolute atomic E-state index is 0.111. The molecule has 1 atom stereocenters. The van der Waals surface area contributed by atoms with Crippen molar-refractivity contribution < 1.29 is 9.53 Å². The monoisotopic (exact) mass is 359 g/mol. The Bertz CT molecular complexity index is 599. The van der Waals surface area contributed by atoms with Crippen LogP contribution in [0.5, 0.6) is 5.75 Å². The van der Waals surface area contributed by atoms with Crippen LogP contribution in [0.4, 0.5) is 0 Å². The Morgan fingerprint density at radius 3 is 2.58 bits per heavy atom. The number of hydrogen-bond donors (Lipinski definition) is 0. The van der Waals surface area contributed by atoms with Crippen LogP contribution in [-0.2, 0) is 11.3 Å². The minimum atomic E-state index is 0.111. The van der Waals surface area contributed by atoms with Gasteiger partial charge in [-0.3, -0.25) is 9.69 Å². The van der Waals surface area contributed by atoms with Gasteiger partial charge in [-0.25, -0.2) is 0 Å². The summed E-state index contributed by atoms with van der Waals surface area (Å²) in [7, 11) is 2.19. The molecule has 0 spiro atoms. The Morgan fingerprint density at radius 2 is 1.85 bits per heavy atom. The van der Waals surface area contributed by atoms with Crippen molar-refractivity contribution in [3.8, 4) is 5.75 Å². The van der Waals surface area contributed by atoms with Crippen molar-refractivity contribution in [3.63, 3.8) is 0 Å². The summed E-state index contributed by atoms with van der Waals surface area (Å²) < 4.78 is 5.94. The summed E-state index contributed by atoms with van der Waals surface area (Å²) in [5.41, 5.74) is 1.17. The zero-order valence-corrected chi connectivity index (χ0v) is 16.5. The first kappa shape index (κ1) is 19.2. The van der Waals surface area contributed by atoms with Crippen LogP contribution < -0.4 is 4.74 Å². The van der Waals surface area contributed by atoms with Crippen LogP contribution >= 0.6 is 0 Å². The average Bonchev–Trinajstić information content (AvgIpc) is 2.64. The van der Waals surface area contributed by atoms with Gasteiger partial charge in [0.1, 0.15) is 5.75 Å². The molecule has 1 amide bonds. The molecule has 144 valence electrons. The summed E-state index contributed by atoms with van der Waals surface area (Å²) in [5.74, 6) is 1.68. The van der Waals surface area contributed by atoms with E-state index in [0.29, 0.717) is 6.04 Å². The van der Waals surface area contributed by atoms with E-state index in [4.69, 9.17) is 4.74 Å². The molecule has 2 saturated heterocycles. The average molecular weight is 360 g/mol. The van der Waals surface area contributed by atoms with Crippen LogP contribution in [0, 0.1) is 5.92 Å². The van der Waals surface area contributed by atoms with Gasteiger partial charge in [-0.2, -0.15) is 0 Å². The van der Waals surface area contributed by atoms with E-state index in [1.54, 1.807) is 0 Å². The predicted octanol–water partition coefficient (Wildman–Crippen LogP) is 2.46. The van der Waals surface area contributed by atoms with E-state index >= 15 is 0 Å². The maximum Gasteiger partial charge on any atom is 0.260 e. The lowest BCUT2D eigenvalue weighted by molar-refractivity contribution is -0.134. The summed E-state index contributed by atoms with van der Waals surface area (Å²) in [6, 6.07) is 8.71. The van der Waals surface area contributed by atoms with Gasteiger partial charge in [0.15, 0.2) is 6.61 Å². The Balaban J connectivity index is 1.54. The van der Waals surface area contributed by atoms with Crippen molar-refractivity contribution in [2.24, 2.45) is 5.92 Å². The topological polar surface area (TPSA) is 36.0 Å². The number of hydrogen-bond acceptors (Lipinski definition) is 4. The van der Waals surface area contributed by atoms with Crippen LogP contribution in [-0.4, -0.2) is 73.0 Å². The van der Waals surface area contributed by atoms with E-state index in [2.05, 4.69) is 42.8 Å². The zero-order chi connectivity index (χ0) is 18.5. The van der Waals surface area contributed by atoms with Gasteiger partial charge in [-0.05, 0) is 38.8 Å².